The first-order valence-corrected chi connectivity index (χ1v) is 3.20. The molecule has 2 N–H and O–H groups in total. The molecule has 3 heteroatoms. The Morgan fingerprint density at radius 3 is 2.60 bits per heavy atom. The molecule has 0 saturated heterocycles. The van der Waals surface area contributed by atoms with Crippen LogP contribution in [0.15, 0.2) is 12.1 Å². The van der Waals surface area contributed by atoms with Crippen LogP contribution in [0.4, 0.5) is 10.1 Å². The van der Waals surface area contributed by atoms with Crippen molar-refractivity contribution >= 4 is 17.3 Å². The molecular formula is C7H7ClFN. The van der Waals surface area contributed by atoms with E-state index in [4.69, 9.17) is 17.3 Å². The van der Waals surface area contributed by atoms with Gasteiger partial charge in [0.1, 0.15) is 0 Å². The molecule has 1 aromatic rings. The van der Waals surface area contributed by atoms with Crippen LogP contribution in [-0.2, 0) is 0 Å². The molecule has 0 radical (unpaired) electrons. The number of halogens is 2. The van der Waals surface area contributed by atoms with Crippen LogP contribution in [0.2, 0.25) is 5.02 Å². The highest BCUT2D eigenvalue weighted by atomic mass is 35.5. The molecule has 0 unspecified atom stereocenters. The number of nitrogens with two attached hydrogens (primary N) is 1. The Labute approximate surface area is 63.6 Å². The van der Waals surface area contributed by atoms with Crippen LogP contribution < -0.4 is 5.73 Å². The standard InChI is InChI=1S/C7H7ClFN/c1-4-2-5(8)7(9)6(10)3-4/h2-3H,10H2,1H3. The van der Waals surface area contributed by atoms with Crippen LogP contribution in [0.1, 0.15) is 5.56 Å². The SMILES string of the molecule is Cc1cc(N)c(F)c(Cl)c1. The van der Waals surface area contributed by atoms with Crippen molar-refractivity contribution in [1.82, 2.24) is 0 Å². The highest BCUT2D eigenvalue weighted by molar-refractivity contribution is 6.31. The summed E-state index contributed by atoms with van der Waals surface area (Å²) in [5.41, 5.74) is 6.23. The van der Waals surface area contributed by atoms with Crippen molar-refractivity contribution in [3.63, 3.8) is 0 Å². The molecule has 0 fully saturated rings. The average molecular weight is 160 g/mol. The van der Waals surface area contributed by atoms with Crippen molar-refractivity contribution in [2.75, 3.05) is 5.73 Å². The van der Waals surface area contributed by atoms with E-state index in [0.29, 0.717) is 0 Å². The fourth-order valence-electron chi connectivity index (χ4n) is 0.751. The van der Waals surface area contributed by atoms with Gasteiger partial charge in [-0.1, -0.05) is 11.6 Å². The van der Waals surface area contributed by atoms with Crippen molar-refractivity contribution in [3.05, 3.63) is 28.5 Å². The minimum atomic E-state index is -0.535. The Morgan fingerprint density at radius 2 is 2.10 bits per heavy atom. The van der Waals surface area contributed by atoms with Crippen LogP contribution >= 0.6 is 11.6 Å². The third kappa shape index (κ3) is 1.21. The highest BCUT2D eigenvalue weighted by Crippen LogP contribution is 2.21. The Bertz CT molecular complexity index is 237. The molecule has 0 atom stereocenters. The van der Waals surface area contributed by atoms with Gasteiger partial charge in [0.25, 0.3) is 0 Å². The van der Waals surface area contributed by atoms with Gasteiger partial charge in [-0.3, -0.25) is 0 Å². The largest absolute Gasteiger partial charge is 0.396 e. The van der Waals surface area contributed by atoms with Crippen LogP contribution in [0.3, 0.4) is 0 Å². The van der Waals surface area contributed by atoms with Crippen molar-refractivity contribution in [2.24, 2.45) is 0 Å². The van der Waals surface area contributed by atoms with E-state index in [0.717, 1.165) is 5.56 Å². The van der Waals surface area contributed by atoms with Gasteiger partial charge < -0.3 is 5.73 Å². The Kier molecular flexibility index (Phi) is 1.81. The van der Waals surface area contributed by atoms with Crippen molar-refractivity contribution in [1.29, 1.82) is 0 Å². The van der Waals surface area contributed by atoms with Gasteiger partial charge in [0.2, 0.25) is 0 Å². The van der Waals surface area contributed by atoms with Crippen molar-refractivity contribution in [3.8, 4) is 0 Å². The van der Waals surface area contributed by atoms with E-state index in [-0.39, 0.29) is 10.7 Å². The van der Waals surface area contributed by atoms with Gasteiger partial charge in [0.05, 0.1) is 10.7 Å². The maximum Gasteiger partial charge on any atom is 0.164 e. The molecule has 0 heterocycles. The van der Waals surface area contributed by atoms with E-state index in [1.165, 1.54) is 6.07 Å². The average Bonchev–Trinajstić information content (AvgIpc) is 1.82. The summed E-state index contributed by atoms with van der Waals surface area (Å²) in [7, 11) is 0. The normalized spacial score (nSPS) is 9.90. The van der Waals surface area contributed by atoms with E-state index in [1.807, 2.05) is 6.92 Å². The monoisotopic (exact) mass is 159 g/mol. The topological polar surface area (TPSA) is 26.0 Å². The van der Waals surface area contributed by atoms with E-state index >= 15 is 0 Å². The second-order valence-corrected chi connectivity index (χ2v) is 2.56. The van der Waals surface area contributed by atoms with Gasteiger partial charge in [-0.15, -0.1) is 0 Å². The number of anilines is 1. The second-order valence-electron chi connectivity index (χ2n) is 2.15. The van der Waals surface area contributed by atoms with E-state index < -0.39 is 5.82 Å². The molecule has 1 nitrogen and oxygen atoms in total. The van der Waals surface area contributed by atoms with Gasteiger partial charge in [-0.25, -0.2) is 4.39 Å². The number of hydrogen-bond acceptors (Lipinski definition) is 1. The van der Waals surface area contributed by atoms with E-state index in [2.05, 4.69) is 0 Å². The molecule has 0 aliphatic rings. The summed E-state index contributed by atoms with van der Waals surface area (Å²) in [5.74, 6) is -0.535. The molecule has 0 aliphatic carbocycles. The zero-order valence-electron chi connectivity index (χ0n) is 5.49. The molecule has 1 rings (SSSR count). The molecule has 10 heavy (non-hydrogen) atoms. The Hall–Kier alpha value is -0.760. The van der Waals surface area contributed by atoms with E-state index in [1.54, 1.807) is 6.07 Å². The lowest BCUT2D eigenvalue weighted by Gasteiger charge is -1.99. The smallest absolute Gasteiger partial charge is 0.164 e. The minimum absolute atomic E-state index is 0.0810. The third-order valence-electron chi connectivity index (χ3n) is 1.20. The lowest BCUT2D eigenvalue weighted by atomic mass is 10.2. The Morgan fingerprint density at radius 1 is 1.50 bits per heavy atom. The molecular weight excluding hydrogens is 153 g/mol. The number of nitrogen functional groups attached to an aromatic ring is 1. The fraction of sp³-hybridized carbons (Fsp3) is 0.143. The first-order valence-electron chi connectivity index (χ1n) is 2.82. The van der Waals surface area contributed by atoms with Crippen LogP contribution in [-0.4, -0.2) is 0 Å². The molecule has 0 spiro atoms. The van der Waals surface area contributed by atoms with E-state index in [9.17, 15) is 4.39 Å². The Balaban J connectivity index is 3.31. The molecule has 0 saturated carbocycles. The summed E-state index contributed by atoms with van der Waals surface area (Å²) in [6.45, 7) is 1.81. The molecule has 1 aromatic carbocycles. The maximum atomic E-state index is 12.7. The molecule has 0 aromatic heterocycles. The summed E-state index contributed by atoms with van der Waals surface area (Å²) in [6, 6.07) is 3.08. The molecule has 0 amide bonds. The van der Waals surface area contributed by atoms with Gasteiger partial charge >= 0.3 is 0 Å². The summed E-state index contributed by atoms with van der Waals surface area (Å²) in [6.07, 6.45) is 0. The zero-order chi connectivity index (χ0) is 7.72. The van der Waals surface area contributed by atoms with Crippen LogP contribution in [0.5, 0.6) is 0 Å². The van der Waals surface area contributed by atoms with Crippen molar-refractivity contribution in [2.45, 2.75) is 6.92 Å². The molecule has 0 aliphatic heterocycles. The van der Waals surface area contributed by atoms with Crippen molar-refractivity contribution < 1.29 is 4.39 Å². The quantitative estimate of drug-likeness (QED) is 0.578. The zero-order valence-corrected chi connectivity index (χ0v) is 6.24. The van der Waals surface area contributed by atoms with Gasteiger partial charge in [-0.05, 0) is 24.6 Å². The number of hydrogen-bond donors (Lipinski definition) is 1. The highest BCUT2D eigenvalue weighted by Gasteiger charge is 2.02. The van der Waals surface area contributed by atoms with Gasteiger partial charge in [0.15, 0.2) is 5.82 Å². The summed E-state index contributed by atoms with van der Waals surface area (Å²) in [5, 5.41) is 0.0810. The number of rotatable bonds is 0. The van der Waals surface area contributed by atoms with Gasteiger partial charge in [0, 0.05) is 0 Å². The third-order valence-corrected chi connectivity index (χ3v) is 1.48. The molecule has 54 valence electrons. The summed E-state index contributed by atoms with van der Waals surface area (Å²) < 4.78 is 12.7. The first-order chi connectivity index (χ1) is 4.61. The lowest BCUT2D eigenvalue weighted by Crippen LogP contribution is -1.91. The lowest BCUT2D eigenvalue weighted by molar-refractivity contribution is 0.632. The van der Waals surface area contributed by atoms with Crippen LogP contribution in [0, 0.1) is 12.7 Å². The predicted octanol–water partition coefficient (Wildman–Crippen LogP) is 2.37. The minimum Gasteiger partial charge on any atom is -0.396 e. The van der Waals surface area contributed by atoms with Gasteiger partial charge in [-0.2, -0.15) is 0 Å². The van der Waals surface area contributed by atoms with Crippen LogP contribution in [0.25, 0.3) is 0 Å². The first kappa shape index (κ1) is 7.35. The number of benzene rings is 1. The summed E-state index contributed by atoms with van der Waals surface area (Å²) >= 11 is 5.46. The number of aryl methyl sites for hydroxylation is 1. The second kappa shape index (κ2) is 2.46. The molecule has 0 bridgehead atoms. The summed E-state index contributed by atoms with van der Waals surface area (Å²) in [4.78, 5) is 0. The maximum absolute atomic E-state index is 12.7. The fourth-order valence-corrected chi connectivity index (χ4v) is 1.03. The predicted molar refractivity (Wildman–Crippen MR) is 40.6 cm³/mol.